The fraction of sp³-hybridized carbons (Fsp3) is 1.00. The normalized spacial score (nSPS) is 21.4. The van der Waals surface area contributed by atoms with Crippen LogP contribution in [0.15, 0.2) is 0 Å². The Morgan fingerprint density at radius 2 is 0.875 bits per heavy atom. The van der Waals surface area contributed by atoms with Gasteiger partial charge in [0, 0.05) is 0 Å². The lowest BCUT2D eigenvalue weighted by molar-refractivity contribution is -0.0936. The van der Waals surface area contributed by atoms with Crippen LogP contribution in [0.1, 0.15) is 142 Å². The zero-order valence-corrected chi connectivity index (χ0v) is 22.0. The molecular weight excluding hydrogens is 448 g/mol. The quantitative estimate of drug-likeness (QED) is 0.139. The molecular formula is C24H46O6S2. The molecule has 0 aromatic rings. The molecule has 2 aliphatic carbocycles. The molecule has 0 aromatic heterocycles. The zero-order chi connectivity index (χ0) is 23.6. The van der Waals surface area contributed by atoms with Crippen molar-refractivity contribution in [3.05, 3.63) is 0 Å². The highest BCUT2D eigenvalue weighted by Gasteiger charge is 2.50. The monoisotopic (exact) mass is 494 g/mol. The molecule has 0 bridgehead atoms. The van der Waals surface area contributed by atoms with Crippen LogP contribution in [0.25, 0.3) is 0 Å². The van der Waals surface area contributed by atoms with E-state index in [2.05, 4.69) is 13.8 Å². The van der Waals surface area contributed by atoms with E-state index in [0.717, 1.165) is 89.9 Å². The van der Waals surface area contributed by atoms with Crippen LogP contribution >= 0.6 is 0 Å². The highest BCUT2D eigenvalue weighted by molar-refractivity contribution is 7.90. The molecule has 0 amide bonds. The topological polar surface area (TPSA) is 86.7 Å². The van der Waals surface area contributed by atoms with Crippen molar-refractivity contribution in [1.29, 1.82) is 0 Å². The lowest BCUT2D eigenvalue weighted by atomic mass is 9.84. The van der Waals surface area contributed by atoms with Gasteiger partial charge in [-0.15, -0.1) is 0 Å². The lowest BCUT2D eigenvalue weighted by Crippen LogP contribution is -2.45. The molecule has 0 aliphatic heterocycles. The van der Waals surface area contributed by atoms with E-state index in [0.29, 0.717) is 38.5 Å². The Bertz CT molecular complexity index is 668. The molecule has 2 rings (SSSR count). The number of hydrogen-bond donors (Lipinski definition) is 0. The Hall–Kier alpha value is -0.180. The molecule has 6 nitrogen and oxygen atoms in total. The molecule has 2 fully saturated rings. The van der Waals surface area contributed by atoms with Crippen LogP contribution in [0.2, 0.25) is 0 Å². The summed E-state index contributed by atoms with van der Waals surface area (Å²) in [7, 11) is -8.32. The Morgan fingerprint density at radius 3 is 1.19 bits per heavy atom. The SMILES string of the molecule is CCCCCCC1(S(=O)(=O)OOS(=O)(=O)C2(CCCCCC)CCCCC2)CCCCC1. The highest BCUT2D eigenvalue weighted by atomic mass is 32.2. The number of unbranched alkanes of at least 4 members (excludes halogenated alkanes) is 6. The van der Waals surface area contributed by atoms with Crippen LogP contribution in [-0.4, -0.2) is 26.3 Å². The maximum atomic E-state index is 13.3. The van der Waals surface area contributed by atoms with Gasteiger partial charge >= 0.3 is 0 Å². The van der Waals surface area contributed by atoms with Crippen LogP contribution in [-0.2, 0) is 28.9 Å². The third-order valence-electron chi connectivity index (χ3n) is 7.77. The largest absolute Gasteiger partial charge is 0.300 e. The summed E-state index contributed by atoms with van der Waals surface area (Å²) < 4.78 is 61.1. The molecule has 0 N–H and O–H groups in total. The molecule has 190 valence electrons. The summed E-state index contributed by atoms with van der Waals surface area (Å²) in [4.78, 5) is 0. The Morgan fingerprint density at radius 1 is 0.531 bits per heavy atom. The van der Waals surface area contributed by atoms with Crippen LogP contribution in [0.3, 0.4) is 0 Å². The molecule has 0 unspecified atom stereocenters. The van der Waals surface area contributed by atoms with E-state index in [1.807, 2.05) is 0 Å². The van der Waals surface area contributed by atoms with Crippen LogP contribution in [0.4, 0.5) is 0 Å². The first kappa shape index (κ1) is 28.1. The third-order valence-corrected chi connectivity index (χ3v) is 11.7. The van der Waals surface area contributed by atoms with Gasteiger partial charge in [-0.25, -0.2) is 0 Å². The van der Waals surface area contributed by atoms with Crippen LogP contribution in [0.5, 0.6) is 0 Å². The molecule has 32 heavy (non-hydrogen) atoms. The molecule has 2 aliphatic rings. The second-order valence-electron chi connectivity index (χ2n) is 10.2. The van der Waals surface area contributed by atoms with Crippen molar-refractivity contribution in [1.82, 2.24) is 0 Å². The van der Waals surface area contributed by atoms with Crippen molar-refractivity contribution in [2.75, 3.05) is 0 Å². The first-order chi connectivity index (χ1) is 15.2. The van der Waals surface area contributed by atoms with E-state index in [1.54, 1.807) is 0 Å². The first-order valence-corrected chi connectivity index (χ1v) is 15.9. The highest BCUT2D eigenvalue weighted by Crippen LogP contribution is 2.43. The van der Waals surface area contributed by atoms with Gasteiger partial charge in [-0.3, -0.25) is 0 Å². The predicted molar refractivity (Wildman–Crippen MR) is 129 cm³/mol. The number of rotatable bonds is 15. The van der Waals surface area contributed by atoms with E-state index in [9.17, 15) is 16.8 Å². The predicted octanol–water partition coefficient (Wildman–Crippen LogP) is 6.94. The van der Waals surface area contributed by atoms with Crippen molar-refractivity contribution in [3.63, 3.8) is 0 Å². The van der Waals surface area contributed by atoms with Gasteiger partial charge in [0.2, 0.25) is 0 Å². The van der Waals surface area contributed by atoms with Gasteiger partial charge in [0.05, 0.1) is 9.49 Å². The summed E-state index contributed by atoms with van der Waals surface area (Å²) in [5.41, 5.74) is 0. The standard InChI is InChI=1S/C24H46O6S2/c1-3-5-7-11-17-23(19-13-9-14-20-23)31(25,26)29-30-32(27,28)24(18-12-8-6-4-2)21-15-10-16-22-24/h3-22H2,1-2H3. The molecule has 0 atom stereocenters. The van der Waals surface area contributed by atoms with Crippen LogP contribution < -0.4 is 0 Å². The molecule has 8 heteroatoms. The van der Waals surface area contributed by atoms with Gasteiger partial charge in [-0.2, -0.15) is 16.8 Å². The fourth-order valence-electron chi connectivity index (χ4n) is 5.61. The Balaban J connectivity index is 2.11. The van der Waals surface area contributed by atoms with Crippen molar-refractivity contribution < 1.29 is 25.5 Å². The van der Waals surface area contributed by atoms with Crippen molar-refractivity contribution in [3.8, 4) is 0 Å². The fourth-order valence-corrected chi connectivity index (χ4v) is 8.85. The summed E-state index contributed by atoms with van der Waals surface area (Å²) >= 11 is 0. The summed E-state index contributed by atoms with van der Waals surface area (Å²) in [6.45, 7) is 4.25. The van der Waals surface area contributed by atoms with Crippen molar-refractivity contribution in [2.24, 2.45) is 0 Å². The second kappa shape index (κ2) is 13.1. The minimum absolute atomic E-state index is 0.515. The Kier molecular flexibility index (Phi) is 11.4. The maximum Gasteiger partial charge on any atom is 0.300 e. The third kappa shape index (κ3) is 7.16. The van der Waals surface area contributed by atoms with E-state index in [-0.39, 0.29) is 0 Å². The number of hydrogen-bond acceptors (Lipinski definition) is 6. The van der Waals surface area contributed by atoms with Gasteiger partial charge in [-0.1, -0.05) is 112 Å². The molecule has 0 radical (unpaired) electrons. The van der Waals surface area contributed by atoms with E-state index in [4.69, 9.17) is 8.67 Å². The summed E-state index contributed by atoms with van der Waals surface area (Å²) in [6.07, 6.45) is 16.3. The average molecular weight is 495 g/mol. The van der Waals surface area contributed by atoms with Gasteiger partial charge < -0.3 is 0 Å². The maximum absolute atomic E-state index is 13.3. The summed E-state index contributed by atoms with van der Waals surface area (Å²) in [5, 5.41) is 0. The molecule has 0 aromatic carbocycles. The average Bonchev–Trinajstić information content (AvgIpc) is 2.79. The summed E-state index contributed by atoms with van der Waals surface area (Å²) in [6, 6.07) is 0. The van der Waals surface area contributed by atoms with E-state index in [1.165, 1.54) is 0 Å². The molecule has 0 saturated heterocycles. The Labute approximate surface area is 197 Å². The van der Waals surface area contributed by atoms with Gasteiger partial charge in [0.25, 0.3) is 20.2 Å². The van der Waals surface area contributed by atoms with Gasteiger partial charge in [0.15, 0.2) is 0 Å². The lowest BCUT2D eigenvalue weighted by Gasteiger charge is -2.37. The smallest absolute Gasteiger partial charge is 0.196 e. The minimum atomic E-state index is -4.16. The van der Waals surface area contributed by atoms with Crippen molar-refractivity contribution >= 4 is 20.2 Å². The van der Waals surface area contributed by atoms with Crippen molar-refractivity contribution in [2.45, 2.75) is 152 Å². The minimum Gasteiger partial charge on any atom is -0.196 e. The molecule has 0 spiro atoms. The van der Waals surface area contributed by atoms with Crippen LogP contribution in [0, 0.1) is 0 Å². The van der Waals surface area contributed by atoms with E-state index >= 15 is 0 Å². The summed E-state index contributed by atoms with van der Waals surface area (Å²) in [5.74, 6) is 0. The van der Waals surface area contributed by atoms with E-state index < -0.39 is 29.7 Å². The van der Waals surface area contributed by atoms with Gasteiger partial charge in [-0.05, 0) is 38.5 Å². The molecule has 2 saturated carbocycles. The molecule has 0 heterocycles. The zero-order valence-electron chi connectivity index (χ0n) is 20.4. The second-order valence-corrected chi connectivity index (χ2v) is 14.0. The first-order valence-electron chi connectivity index (χ1n) is 13.1. The van der Waals surface area contributed by atoms with Gasteiger partial charge in [0.1, 0.15) is 0 Å².